The molecular formula is C10H8F2N4O4S. The Bertz CT molecular complexity index is 777. The summed E-state index contributed by atoms with van der Waals surface area (Å²) < 4.78 is 52.5. The van der Waals surface area contributed by atoms with Gasteiger partial charge in [-0.05, 0) is 6.07 Å². The van der Waals surface area contributed by atoms with E-state index in [0.717, 1.165) is 0 Å². The third kappa shape index (κ3) is 3.20. The SMILES string of the molecule is O=[N+]([O-])c1cc(S(=O)(=O)NCc2ccn[nH]2)c(F)cc1F. The summed E-state index contributed by atoms with van der Waals surface area (Å²) in [6.45, 7) is -0.229. The summed E-state index contributed by atoms with van der Waals surface area (Å²) in [6.07, 6.45) is 1.38. The van der Waals surface area contributed by atoms with E-state index in [0.29, 0.717) is 11.8 Å². The lowest BCUT2D eigenvalue weighted by molar-refractivity contribution is -0.387. The molecule has 1 aromatic carbocycles. The number of halogens is 2. The monoisotopic (exact) mass is 318 g/mol. The lowest BCUT2D eigenvalue weighted by atomic mass is 10.3. The van der Waals surface area contributed by atoms with Crippen LogP contribution in [-0.4, -0.2) is 23.5 Å². The van der Waals surface area contributed by atoms with Gasteiger partial charge in [-0.3, -0.25) is 15.2 Å². The first-order valence-corrected chi connectivity index (χ1v) is 6.91. The number of nitrogens with one attached hydrogen (secondary N) is 2. The Hall–Kier alpha value is -2.40. The fourth-order valence-electron chi connectivity index (χ4n) is 1.50. The molecule has 2 N–H and O–H groups in total. The first kappa shape index (κ1) is 15.0. The topological polar surface area (TPSA) is 118 Å². The number of rotatable bonds is 5. The Labute approximate surface area is 117 Å². The van der Waals surface area contributed by atoms with Crippen LogP contribution in [0, 0.1) is 21.7 Å². The molecule has 0 aliphatic heterocycles. The quantitative estimate of drug-likeness (QED) is 0.631. The number of nitrogens with zero attached hydrogens (tertiary/aromatic N) is 2. The molecule has 0 aliphatic rings. The van der Waals surface area contributed by atoms with Crippen molar-refractivity contribution in [1.29, 1.82) is 0 Å². The average molecular weight is 318 g/mol. The maximum absolute atomic E-state index is 13.6. The van der Waals surface area contributed by atoms with Gasteiger partial charge in [0.25, 0.3) is 0 Å². The maximum atomic E-state index is 13.6. The second kappa shape index (κ2) is 5.54. The molecule has 8 nitrogen and oxygen atoms in total. The minimum absolute atomic E-state index is 0.156. The van der Waals surface area contributed by atoms with Crippen molar-refractivity contribution in [2.45, 2.75) is 11.4 Å². The van der Waals surface area contributed by atoms with Crippen molar-refractivity contribution in [2.75, 3.05) is 0 Å². The van der Waals surface area contributed by atoms with Gasteiger partial charge in [-0.1, -0.05) is 0 Å². The highest BCUT2D eigenvalue weighted by Gasteiger charge is 2.26. The van der Waals surface area contributed by atoms with Gasteiger partial charge in [-0.2, -0.15) is 9.49 Å². The van der Waals surface area contributed by atoms with E-state index in [9.17, 15) is 27.3 Å². The van der Waals surface area contributed by atoms with Crippen LogP contribution < -0.4 is 4.72 Å². The number of H-pyrrole nitrogens is 1. The van der Waals surface area contributed by atoms with Crippen LogP contribution in [0.5, 0.6) is 0 Å². The van der Waals surface area contributed by atoms with Crippen LogP contribution >= 0.6 is 0 Å². The fraction of sp³-hybridized carbons (Fsp3) is 0.100. The molecule has 0 fully saturated rings. The standard InChI is InChI=1S/C10H8F2N4O4S/c11-7-3-8(12)10(4-9(7)16(17)18)21(19,20)14-5-6-1-2-13-15-6/h1-4,14H,5H2,(H,13,15). The van der Waals surface area contributed by atoms with E-state index in [4.69, 9.17) is 0 Å². The van der Waals surface area contributed by atoms with E-state index in [2.05, 4.69) is 10.2 Å². The summed E-state index contributed by atoms with van der Waals surface area (Å²) in [5, 5.41) is 16.6. The summed E-state index contributed by atoms with van der Waals surface area (Å²) in [4.78, 5) is 8.43. The van der Waals surface area contributed by atoms with Crippen LogP contribution in [0.1, 0.15) is 5.69 Å². The third-order valence-corrected chi connectivity index (χ3v) is 3.91. The predicted octanol–water partition coefficient (Wildman–Crippen LogP) is 1.07. The van der Waals surface area contributed by atoms with Crippen LogP contribution in [0.4, 0.5) is 14.5 Å². The Morgan fingerprint density at radius 3 is 2.62 bits per heavy atom. The van der Waals surface area contributed by atoms with Gasteiger partial charge in [0.2, 0.25) is 15.8 Å². The zero-order valence-electron chi connectivity index (χ0n) is 10.2. The maximum Gasteiger partial charge on any atom is 0.306 e. The highest BCUT2D eigenvalue weighted by molar-refractivity contribution is 7.89. The zero-order valence-corrected chi connectivity index (χ0v) is 11.0. The van der Waals surface area contributed by atoms with E-state index in [-0.39, 0.29) is 12.6 Å². The molecule has 1 aromatic heterocycles. The number of sulfonamides is 1. The van der Waals surface area contributed by atoms with Crippen molar-refractivity contribution in [1.82, 2.24) is 14.9 Å². The number of hydrogen-bond donors (Lipinski definition) is 2. The highest BCUT2D eigenvalue weighted by atomic mass is 32.2. The molecule has 0 saturated heterocycles. The van der Waals surface area contributed by atoms with Crippen molar-refractivity contribution in [3.63, 3.8) is 0 Å². The fourth-order valence-corrected chi connectivity index (χ4v) is 2.58. The molecule has 21 heavy (non-hydrogen) atoms. The second-order valence-corrected chi connectivity index (χ2v) is 5.63. The normalized spacial score (nSPS) is 11.5. The third-order valence-electron chi connectivity index (χ3n) is 2.50. The Kier molecular flexibility index (Phi) is 3.95. The summed E-state index contributed by atoms with van der Waals surface area (Å²) in [5.74, 6) is -2.87. The van der Waals surface area contributed by atoms with Gasteiger partial charge in [0.05, 0.1) is 17.2 Å². The Morgan fingerprint density at radius 1 is 1.33 bits per heavy atom. The zero-order chi connectivity index (χ0) is 15.6. The van der Waals surface area contributed by atoms with Crippen molar-refractivity contribution >= 4 is 15.7 Å². The smallest absolute Gasteiger partial charge is 0.281 e. The van der Waals surface area contributed by atoms with Crippen LogP contribution in [-0.2, 0) is 16.6 Å². The largest absolute Gasteiger partial charge is 0.306 e. The van der Waals surface area contributed by atoms with Gasteiger partial charge >= 0.3 is 5.69 Å². The first-order chi connectivity index (χ1) is 9.81. The lowest BCUT2D eigenvalue weighted by Gasteiger charge is -2.07. The molecule has 2 rings (SSSR count). The van der Waals surface area contributed by atoms with Gasteiger partial charge in [0.15, 0.2) is 0 Å². The lowest BCUT2D eigenvalue weighted by Crippen LogP contribution is -2.24. The molecule has 0 amide bonds. The number of hydrogen-bond acceptors (Lipinski definition) is 5. The van der Waals surface area contributed by atoms with E-state index in [1.807, 2.05) is 4.72 Å². The highest BCUT2D eigenvalue weighted by Crippen LogP contribution is 2.24. The summed E-state index contributed by atoms with van der Waals surface area (Å²) in [5.41, 5.74) is -0.728. The molecule has 0 radical (unpaired) electrons. The molecule has 0 atom stereocenters. The van der Waals surface area contributed by atoms with Crippen LogP contribution in [0.25, 0.3) is 0 Å². The van der Waals surface area contributed by atoms with Crippen LogP contribution in [0.15, 0.2) is 29.3 Å². The molecule has 112 valence electrons. The van der Waals surface area contributed by atoms with Gasteiger partial charge in [0.1, 0.15) is 10.7 Å². The second-order valence-electron chi connectivity index (χ2n) is 3.90. The first-order valence-electron chi connectivity index (χ1n) is 5.42. The molecule has 0 aliphatic carbocycles. The number of nitro groups is 1. The van der Waals surface area contributed by atoms with Crippen molar-refractivity contribution < 1.29 is 22.1 Å². The Balaban J connectivity index is 2.35. The minimum Gasteiger partial charge on any atom is -0.281 e. The summed E-state index contributed by atoms with van der Waals surface area (Å²) in [6, 6.07) is 1.97. The summed E-state index contributed by atoms with van der Waals surface area (Å²) >= 11 is 0. The number of benzene rings is 1. The molecule has 0 bridgehead atoms. The summed E-state index contributed by atoms with van der Waals surface area (Å²) in [7, 11) is -4.38. The Morgan fingerprint density at radius 2 is 2.05 bits per heavy atom. The molecule has 1 heterocycles. The van der Waals surface area contributed by atoms with Crippen molar-refractivity contribution in [3.8, 4) is 0 Å². The molecule has 2 aromatic rings. The van der Waals surface area contributed by atoms with Crippen LogP contribution in [0.3, 0.4) is 0 Å². The molecule has 0 spiro atoms. The van der Waals surface area contributed by atoms with Crippen molar-refractivity contribution in [3.05, 3.63) is 51.8 Å². The van der Waals surface area contributed by atoms with Gasteiger partial charge in [-0.25, -0.2) is 17.5 Å². The van der Waals surface area contributed by atoms with E-state index in [1.54, 1.807) is 0 Å². The molecular weight excluding hydrogens is 310 g/mol. The average Bonchev–Trinajstić information content (AvgIpc) is 2.88. The molecule has 0 unspecified atom stereocenters. The van der Waals surface area contributed by atoms with E-state index in [1.165, 1.54) is 12.3 Å². The van der Waals surface area contributed by atoms with Crippen LogP contribution in [0.2, 0.25) is 0 Å². The van der Waals surface area contributed by atoms with Crippen molar-refractivity contribution in [2.24, 2.45) is 0 Å². The van der Waals surface area contributed by atoms with Gasteiger partial charge in [-0.15, -0.1) is 0 Å². The van der Waals surface area contributed by atoms with Gasteiger partial charge in [0, 0.05) is 18.3 Å². The number of aromatic nitrogens is 2. The van der Waals surface area contributed by atoms with Gasteiger partial charge < -0.3 is 0 Å². The van der Waals surface area contributed by atoms with E-state index < -0.39 is 37.2 Å². The molecule has 11 heteroatoms. The van der Waals surface area contributed by atoms with E-state index >= 15 is 0 Å². The number of aromatic amines is 1. The molecule has 0 saturated carbocycles. The minimum atomic E-state index is -4.38. The number of nitro benzene ring substituents is 1. The predicted molar refractivity (Wildman–Crippen MR) is 65.6 cm³/mol.